The molecule has 41 heavy (non-hydrogen) atoms. The van der Waals surface area contributed by atoms with E-state index in [1.165, 1.54) is 0 Å². The van der Waals surface area contributed by atoms with Gasteiger partial charge in [-0.1, -0.05) is 68.8 Å². The number of carbonyl (C=O) groups is 2. The van der Waals surface area contributed by atoms with Gasteiger partial charge < -0.3 is 19.3 Å². The first-order valence-corrected chi connectivity index (χ1v) is 14.3. The van der Waals surface area contributed by atoms with Crippen molar-refractivity contribution in [3.8, 4) is 22.5 Å². The van der Waals surface area contributed by atoms with Crippen molar-refractivity contribution in [1.82, 2.24) is 25.4 Å². The van der Waals surface area contributed by atoms with E-state index in [1.807, 2.05) is 0 Å². The third-order valence-corrected chi connectivity index (χ3v) is 8.20. The molecule has 0 aliphatic carbocycles. The van der Waals surface area contributed by atoms with Crippen molar-refractivity contribution in [3.63, 3.8) is 0 Å². The van der Waals surface area contributed by atoms with Crippen molar-refractivity contribution < 1.29 is 18.6 Å². The SMILES string of the molecule is Cc1onc(-c2c(Cl)cccc2Cl)c1C(=O)NCCN1CCN(C(=O)c2c(-c3c(Cl)cccc3Cl)noc2C)CC1. The smallest absolute Gasteiger partial charge is 0.259 e. The summed E-state index contributed by atoms with van der Waals surface area (Å²) in [5.41, 5.74) is 2.17. The lowest BCUT2D eigenvalue weighted by molar-refractivity contribution is 0.0637. The molecule has 3 heterocycles. The van der Waals surface area contributed by atoms with E-state index in [0.29, 0.717) is 99.0 Å². The van der Waals surface area contributed by atoms with E-state index >= 15 is 0 Å². The van der Waals surface area contributed by atoms with Gasteiger partial charge in [0, 0.05) is 50.4 Å². The predicted molar refractivity (Wildman–Crippen MR) is 158 cm³/mol. The molecule has 2 aromatic heterocycles. The Morgan fingerprint density at radius 3 is 1.76 bits per heavy atom. The number of halogens is 4. The molecule has 9 nitrogen and oxygen atoms in total. The highest BCUT2D eigenvalue weighted by atomic mass is 35.5. The van der Waals surface area contributed by atoms with Crippen LogP contribution in [0.1, 0.15) is 32.2 Å². The van der Waals surface area contributed by atoms with Gasteiger partial charge in [0.1, 0.15) is 34.0 Å². The Bertz CT molecular complexity index is 1570. The topological polar surface area (TPSA) is 105 Å². The molecule has 0 unspecified atom stereocenters. The fourth-order valence-electron chi connectivity index (χ4n) is 4.80. The van der Waals surface area contributed by atoms with Crippen molar-refractivity contribution in [2.45, 2.75) is 13.8 Å². The Hall–Kier alpha value is -3.08. The van der Waals surface area contributed by atoms with Gasteiger partial charge in [-0.3, -0.25) is 14.5 Å². The summed E-state index contributed by atoms with van der Waals surface area (Å²) in [7, 11) is 0. The molecule has 0 atom stereocenters. The van der Waals surface area contributed by atoms with Gasteiger partial charge in [0.2, 0.25) is 0 Å². The summed E-state index contributed by atoms with van der Waals surface area (Å²) in [5, 5.41) is 12.6. The van der Waals surface area contributed by atoms with Crippen molar-refractivity contribution in [3.05, 3.63) is 79.1 Å². The Morgan fingerprint density at radius 1 is 0.780 bits per heavy atom. The van der Waals surface area contributed by atoms with E-state index in [4.69, 9.17) is 55.4 Å². The number of nitrogens with zero attached hydrogens (tertiary/aromatic N) is 4. The van der Waals surface area contributed by atoms with E-state index in [1.54, 1.807) is 55.1 Å². The average molecular weight is 637 g/mol. The summed E-state index contributed by atoms with van der Waals surface area (Å²) >= 11 is 25.4. The van der Waals surface area contributed by atoms with Gasteiger partial charge in [0.05, 0.1) is 20.1 Å². The van der Waals surface area contributed by atoms with Crippen LogP contribution in [0.5, 0.6) is 0 Å². The first-order valence-electron chi connectivity index (χ1n) is 12.8. The van der Waals surface area contributed by atoms with E-state index < -0.39 is 0 Å². The molecule has 5 rings (SSSR count). The standard InChI is InChI=1S/C28H25Cl4N5O4/c1-15-21(25(34-40-15)23-17(29)5-3-6-18(23)30)27(38)33-9-10-36-11-13-37(14-12-36)28(39)22-16(2)41-35-26(22)24-19(31)7-4-8-20(24)32/h3-8H,9-14H2,1-2H3,(H,33,38). The summed E-state index contributed by atoms with van der Waals surface area (Å²) < 4.78 is 10.7. The molecule has 13 heteroatoms. The highest BCUT2D eigenvalue weighted by Crippen LogP contribution is 2.38. The predicted octanol–water partition coefficient (Wildman–Crippen LogP) is 6.41. The zero-order valence-corrected chi connectivity index (χ0v) is 25.2. The van der Waals surface area contributed by atoms with E-state index in [2.05, 4.69) is 20.5 Å². The highest BCUT2D eigenvalue weighted by Gasteiger charge is 2.30. The first kappa shape index (κ1) is 29.4. The number of nitrogens with one attached hydrogen (secondary N) is 1. The van der Waals surface area contributed by atoms with E-state index in [-0.39, 0.29) is 17.4 Å². The number of amides is 2. The Morgan fingerprint density at radius 2 is 1.24 bits per heavy atom. The lowest BCUT2D eigenvalue weighted by Crippen LogP contribution is -2.50. The zero-order valence-electron chi connectivity index (χ0n) is 22.1. The summed E-state index contributed by atoms with van der Waals surface area (Å²) in [4.78, 5) is 30.5. The van der Waals surface area contributed by atoms with Crippen LogP contribution in [0, 0.1) is 13.8 Å². The molecule has 4 aromatic rings. The summed E-state index contributed by atoms with van der Waals surface area (Å²) in [6.07, 6.45) is 0. The normalized spacial score (nSPS) is 14.0. The van der Waals surface area contributed by atoms with Gasteiger partial charge in [-0.15, -0.1) is 0 Å². The van der Waals surface area contributed by atoms with Crippen molar-refractivity contribution in [1.29, 1.82) is 0 Å². The maximum absolute atomic E-state index is 13.5. The van der Waals surface area contributed by atoms with Crippen LogP contribution in [0.4, 0.5) is 0 Å². The lowest BCUT2D eigenvalue weighted by Gasteiger charge is -2.34. The van der Waals surface area contributed by atoms with Crippen molar-refractivity contribution in [2.24, 2.45) is 0 Å². The third kappa shape index (κ3) is 5.96. The second kappa shape index (κ2) is 12.4. The zero-order chi connectivity index (χ0) is 29.3. The number of hydrogen-bond donors (Lipinski definition) is 1. The second-order valence-electron chi connectivity index (χ2n) is 9.51. The molecule has 2 aromatic carbocycles. The lowest BCUT2D eigenvalue weighted by atomic mass is 10.0. The van der Waals surface area contributed by atoms with E-state index in [9.17, 15) is 9.59 Å². The minimum atomic E-state index is -0.336. The molecule has 0 radical (unpaired) electrons. The molecule has 1 saturated heterocycles. The van der Waals surface area contributed by atoms with Gasteiger partial charge in [-0.25, -0.2) is 0 Å². The van der Waals surface area contributed by atoms with Crippen molar-refractivity contribution >= 4 is 58.2 Å². The molecule has 1 fully saturated rings. The van der Waals surface area contributed by atoms with Gasteiger partial charge >= 0.3 is 0 Å². The van der Waals surface area contributed by atoms with Crippen LogP contribution in [0.3, 0.4) is 0 Å². The molecule has 1 aliphatic rings. The van der Waals surface area contributed by atoms with Crippen LogP contribution < -0.4 is 5.32 Å². The summed E-state index contributed by atoms with van der Waals surface area (Å²) in [6.45, 7) is 6.56. The van der Waals surface area contributed by atoms with Crippen LogP contribution in [0.2, 0.25) is 20.1 Å². The molecule has 1 aliphatic heterocycles. The van der Waals surface area contributed by atoms with Gasteiger partial charge in [-0.05, 0) is 38.1 Å². The minimum absolute atomic E-state index is 0.198. The van der Waals surface area contributed by atoms with Crippen LogP contribution in [-0.2, 0) is 0 Å². The molecular formula is C28H25Cl4N5O4. The maximum Gasteiger partial charge on any atom is 0.259 e. The summed E-state index contributed by atoms with van der Waals surface area (Å²) in [6, 6.07) is 10.2. The Kier molecular flexibility index (Phi) is 8.91. The largest absolute Gasteiger partial charge is 0.360 e. The number of piperazine rings is 1. The molecular weight excluding hydrogens is 612 g/mol. The van der Waals surface area contributed by atoms with Crippen molar-refractivity contribution in [2.75, 3.05) is 39.3 Å². The quantitative estimate of drug-likeness (QED) is 0.250. The molecule has 2 amide bonds. The van der Waals surface area contributed by atoms with Crippen LogP contribution in [0.25, 0.3) is 22.5 Å². The molecule has 0 saturated carbocycles. The second-order valence-corrected chi connectivity index (χ2v) is 11.1. The van der Waals surface area contributed by atoms with Crippen LogP contribution in [0.15, 0.2) is 45.4 Å². The number of aromatic nitrogens is 2. The van der Waals surface area contributed by atoms with E-state index in [0.717, 1.165) is 0 Å². The maximum atomic E-state index is 13.5. The monoisotopic (exact) mass is 635 g/mol. The summed E-state index contributed by atoms with van der Waals surface area (Å²) in [5.74, 6) is 0.225. The number of hydrogen-bond acceptors (Lipinski definition) is 7. The number of carbonyl (C=O) groups excluding carboxylic acids is 2. The Balaban J connectivity index is 1.19. The number of benzene rings is 2. The molecule has 0 spiro atoms. The molecule has 0 bridgehead atoms. The highest BCUT2D eigenvalue weighted by molar-refractivity contribution is 6.40. The Labute approximate surface area is 256 Å². The average Bonchev–Trinajstić information content (AvgIpc) is 3.50. The number of rotatable bonds is 7. The van der Waals surface area contributed by atoms with Gasteiger partial charge in [0.25, 0.3) is 11.8 Å². The molecule has 1 N–H and O–H groups in total. The number of aryl methyl sites for hydroxylation is 2. The fourth-order valence-corrected chi connectivity index (χ4v) is 5.95. The van der Waals surface area contributed by atoms with Gasteiger partial charge in [0.15, 0.2) is 0 Å². The third-order valence-electron chi connectivity index (χ3n) is 6.94. The van der Waals surface area contributed by atoms with Gasteiger partial charge in [-0.2, -0.15) is 0 Å². The van der Waals surface area contributed by atoms with Crippen LogP contribution >= 0.6 is 46.4 Å². The molecule has 214 valence electrons. The van der Waals surface area contributed by atoms with Crippen LogP contribution in [-0.4, -0.2) is 71.2 Å². The first-order chi connectivity index (χ1) is 19.7. The fraction of sp³-hybridized carbons (Fsp3) is 0.286. The minimum Gasteiger partial charge on any atom is -0.360 e.